The van der Waals surface area contributed by atoms with E-state index in [0.29, 0.717) is 106 Å². The van der Waals surface area contributed by atoms with Gasteiger partial charge in [0.15, 0.2) is 6.29 Å². The fourth-order valence-corrected chi connectivity index (χ4v) is 8.27. The average Bonchev–Trinajstić information content (AvgIpc) is 3.14. The van der Waals surface area contributed by atoms with Gasteiger partial charge < -0.3 is 97.5 Å². The van der Waals surface area contributed by atoms with Gasteiger partial charge in [0.2, 0.25) is 0 Å². The van der Waals surface area contributed by atoms with Gasteiger partial charge in [0.05, 0.1) is 156 Å². The zero-order valence-electron chi connectivity index (χ0n) is 53.5. The van der Waals surface area contributed by atoms with Gasteiger partial charge in [0, 0.05) is 26.9 Å². The summed E-state index contributed by atoms with van der Waals surface area (Å²) < 4.78 is 97.5. The van der Waals surface area contributed by atoms with Crippen molar-refractivity contribution in [2.24, 2.45) is 17.3 Å². The molecule has 0 rings (SSSR count). The van der Waals surface area contributed by atoms with E-state index >= 15 is 0 Å². The van der Waals surface area contributed by atoms with Gasteiger partial charge in [-0.05, 0) is 39.5 Å². The molecule has 0 radical (unpaired) electrons. The van der Waals surface area contributed by atoms with Crippen molar-refractivity contribution in [2.75, 3.05) is 193 Å². The zero-order valence-corrected chi connectivity index (χ0v) is 57.1. The number of alkyl carbamates (subject to hydrolysis) is 1. The van der Waals surface area contributed by atoms with Gasteiger partial charge in [-0.15, -0.1) is 0 Å². The minimum atomic E-state index is -1.27. The second-order valence-electron chi connectivity index (χ2n) is 20.0. The van der Waals surface area contributed by atoms with Gasteiger partial charge in [-0.3, -0.25) is 19.2 Å². The summed E-state index contributed by atoms with van der Waals surface area (Å²) in [6.45, 7) is 19.1. The Labute approximate surface area is 548 Å². The van der Waals surface area contributed by atoms with E-state index in [9.17, 15) is 28.8 Å². The summed E-state index contributed by atoms with van der Waals surface area (Å²) in [4.78, 5) is 77.0. The Morgan fingerprint density at radius 1 is 0.471 bits per heavy atom. The van der Waals surface area contributed by atoms with Gasteiger partial charge in [-0.2, -0.15) is 6.42 Å². The third kappa shape index (κ3) is 54.8. The second kappa shape index (κ2) is 63.5. The van der Waals surface area contributed by atoms with Crippen LogP contribution >= 0.6 is 15.9 Å². The van der Waals surface area contributed by atoms with Crippen LogP contribution < -0.4 is 34.9 Å². The first-order chi connectivity index (χ1) is 41.8. The summed E-state index contributed by atoms with van der Waals surface area (Å²) in [6.07, 6.45) is 10.7. The summed E-state index contributed by atoms with van der Waals surface area (Å²) in [5, 5.41) is 2.39. The summed E-state index contributed by atoms with van der Waals surface area (Å²) in [5.41, 5.74) is -1.27. The van der Waals surface area contributed by atoms with Crippen LogP contribution in [0.4, 0.5) is 4.79 Å². The smallest absolute Gasteiger partial charge is 0.465 e. The van der Waals surface area contributed by atoms with Crippen molar-refractivity contribution in [1.82, 2.24) is 5.32 Å². The second-order valence-corrected chi connectivity index (χ2v) is 21.1. The van der Waals surface area contributed by atoms with Crippen LogP contribution in [0.1, 0.15) is 111 Å². The predicted octanol–water partition coefficient (Wildman–Crippen LogP) is 3.74. The molecule has 0 saturated carbocycles. The Morgan fingerprint density at radius 3 is 1.33 bits per heavy atom. The molecular weight excluding hydrogens is 1220 g/mol. The first kappa shape index (κ1) is 86.4. The predicted molar refractivity (Wildman–Crippen MR) is 319 cm³/mol. The molecule has 0 aliphatic carbocycles. The van der Waals surface area contributed by atoms with Gasteiger partial charge in [-0.25, -0.2) is 9.59 Å². The molecule has 0 aliphatic rings. The van der Waals surface area contributed by atoms with Crippen molar-refractivity contribution >= 4 is 51.9 Å². The number of rotatable bonds is 64. The van der Waals surface area contributed by atoms with Crippen LogP contribution in [0.15, 0.2) is 12.7 Å². The van der Waals surface area contributed by atoms with Crippen LogP contribution in [0.25, 0.3) is 0 Å². The number of halogens is 1. The number of esters is 5. The molecule has 0 aromatic carbocycles. The number of methoxy groups -OCH3 is 2. The molecule has 25 nitrogen and oxygen atoms in total. The minimum Gasteiger partial charge on any atom is -0.465 e. The molecule has 27 heteroatoms. The molecule has 3 unspecified atom stereocenters. The number of ether oxygens (including phenoxy) is 18. The molecule has 0 aliphatic heterocycles. The Kier molecular flexibility index (Phi) is 63.1. The maximum absolute atomic E-state index is 14.0. The topological polar surface area (TPSA) is 281 Å². The monoisotopic (exact) mass is 1330 g/mol. The Hall–Kier alpha value is -2.64. The van der Waals surface area contributed by atoms with Crippen LogP contribution in [0.5, 0.6) is 0 Å². The van der Waals surface area contributed by atoms with Crippen molar-refractivity contribution in [2.45, 2.75) is 122 Å². The molecule has 1 amide bonds. The number of hydrogen-bond acceptors (Lipinski definition) is 24. The molecule has 0 aromatic rings. The number of carbonyl (C=O) groups is 6. The molecule has 0 aromatic heterocycles. The minimum absolute atomic E-state index is 0. The fraction of sp³-hybridized carbons (Fsp3) is 0.850. The van der Waals surface area contributed by atoms with Crippen molar-refractivity contribution in [3.05, 3.63) is 19.6 Å². The van der Waals surface area contributed by atoms with Gasteiger partial charge >= 0.3 is 65.5 Å². The van der Waals surface area contributed by atoms with Crippen LogP contribution in [-0.4, -0.2) is 240 Å². The molecule has 1 N–H and O–H groups in total. The number of hydrogen-bond donors (Lipinski definition) is 1. The summed E-state index contributed by atoms with van der Waals surface area (Å²) in [7, 11) is 2.94. The fourth-order valence-electron chi connectivity index (χ4n) is 7.69. The largest absolute Gasteiger partial charge is 1.00 e. The summed E-state index contributed by atoms with van der Waals surface area (Å²) in [6, 6.07) is 0. The van der Waals surface area contributed by atoms with Crippen molar-refractivity contribution in [3.63, 3.8) is 0 Å². The first-order valence-corrected chi connectivity index (χ1v) is 31.3. The van der Waals surface area contributed by atoms with E-state index in [-0.39, 0.29) is 128 Å². The van der Waals surface area contributed by atoms with E-state index in [1.807, 2.05) is 0 Å². The van der Waals surface area contributed by atoms with E-state index in [0.717, 1.165) is 38.2 Å². The molecule has 0 spiro atoms. The maximum atomic E-state index is 14.0. The molecule has 87 heavy (non-hydrogen) atoms. The van der Waals surface area contributed by atoms with Gasteiger partial charge in [0.1, 0.15) is 37.9 Å². The van der Waals surface area contributed by atoms with Crippen molar-refractivity contribution in [1.29, 1.82) is 0 Å². The molecule has 504 valence electrons. The third-order valence-electron chi connectivity index (χ3n) is 12.4. The van der Waals surface area contributed by atoms with E-state index in [1.54, 1.807) is 13.8 Å². The summed E-state index contributed by atoms with van der Waals surface area (Å²) >= 11 is 3.36. The number of carbonyl (C=O) groups excluding carboxylic acids is 6. The van der Waals surface area contributed by atoms with Crippen molar-refractivity contribution in [3.8, 4) is 0 Å². The maximum Gasteiger partial charge on any atom is 1.00 e. The summed E-state index contributed by atoms with van der Waals surface area (Å²) in [5.74, 6) is -5.48. The van der Waals surface area contributed by atoms with E-state index in [2.05, 4.69) is 41.7 Å². The van der Waals surface area contributed by atoms with Crippen LogP contribution in [0, 0.1) is 24.2 Å². The number of unbranched alkanes of at least 4 members (excludes halogenated alkanes) is 9. The Bertz CT molecular complexity index is 1670. The third-order valence-corrected chi connectivity index (χ3v) is 13.1. The van der Waals surface area contributed by atoms with E-state index in [4.69, 9.17) is 85.3 Å². The molecule has 0 bridgehead atoms. The Morgan fingerprint density at radius 2 is 0.862 bits per heavy atom. The SMILES string of the molecule is C=CC(=O)OCCNC(=O)OCCOC(=O)C(Br)CC(CC(CC(C)(C)C(=O)OCCOCC(OC)OC)C(=O)OCCOCCOCCOCCOCCOCCOCCOCCOCCOCC[CH2-])C(=O)OCCCCCCCCCCCC.[Na+]. The number of amides is 1. The normalized spacial score (nSPS) is 12.4. The zero-order chi connectivity index (χ0) is 63.4. The Balaban J connectivity index is 0. The van der Waals surface area contributed by atoms with E-state index < -0.39 is 64.3 Å². The quantitative estimate of drug-likeness (QED) is 0.0133. The van der Waals surface area contributed by atoms with Crippen molar-refractivity contribution < 1.29 is 144 Å². The van der Waals surface area contributed by atoms with Gasteiger partial charge in [0.25, 0.3) is 0 Å². The molecule has 0 fully saturated rings. The number of alkyl halides is 1. The molecule has 0 heterocycles. The standard InChI is InChI=1S/C60H107BrNO24.Na/c1-8-11-12-13-14-15-16-17-18-19-22-82-55(64)50(47-52(61)57(66)84-44-45-86-59(68)62-20-23-81-53(63)10-3)46-51(48-60(4,5)58(67)85-43-41-80-49-54(69-6)70-7)56(65)83-42-40-79-39-38-78-37-36-77-35-34-76-33-32-75-31-30-74-29-28-73-27-26-72-25-24-71-21-9-2;/h10,50-52,54H,2-3,8-9,11-49H2,1,4-7H3,(H,62,68);/q-1;+1. The van der Waals surface area contributed by atoms with Crippen LogP contribution in [0.3, 0.4) is 0 Å². The van der Waals surface area contributed by atoms with Crippen LogP contribution in [-0.2, 0) is 109 Å². The molecule has 0 saturated heterocycles. The molecule has 3 atom stereocenters. The van der Waals surface area contributed by atoms with Gasteiger partial charge in [-0.1, -0.05) is 87.2 Å². The van der Waals surface area contributed by atoms with E-state index in [1.165, 1.54) is 46.3 Å². The average molecular weight is 1330 g/mol. The number of nitrogens with one attached hydrogen (secondary N) is 1. The van der Waals surface area contributed by atoms with Crippen LogP contribution in [0.2, 0.25) is 0 Å². The first-order valence-electron chi connectivity index (χ1n) is 30.4. The molecular formula is C60H107BrNNaO24.